The molecular formula is C9H15N3O2. The van der Waals surface area contributed by atoms with Crippen LogP contribution >= 0.6 is 0 Å². The second-order valence-electron chi connectivity index (χ2n) is 3.56. The summed E-state index contributed by atoms with van der Waals surface area (Å²) in [6, 6.07) is 0.367. The van der Waals surface area contributed by atoms with Crippen molar-refractivity contribution < 1.29 is 4.74 Å². The Morgan fingerprint density at radius 2 is 2.29 bits per heavy atom. The standard InChI is InChI=1S/C9H15N3O2/c1-3-14-6-8-10-11(2)9(13)12(8)7-4-5-7/h7H,3-6H2,1-2H3. The van der Waals surface area contributed by atoms with Gasteiger partial charge < -0.3 is 4.74 Å². The lowest BCUT2D eigenvalue weighted by Gasteiger charge is -2.02. The van der Waals surface area contributed by atoms with Crippen molar-refractivity contribution in [2.45, 2.75) is 32.4 Å². The average Bonchev–Trinajstić information content (AvgIpc) is 2.94. The van der Waals surface area contributed by atoms with Gasteiger partial charge in [0.25, 0.3) is 0 Å². The molecule has 0 aromatic carbocycles. The van der Waals surface area contributed by atoms with E-state index in [-0.39, 0.29) is 5.69 Å². The van der Waals surface area contributed by atoms with Gasteiger partial charge in [-0.15, -0.1) is 0 Å². The van der Waals surface area contributed by atoms with Gasteiger partial charge in [0, 0.05) is 19.7 Å². The van der Waals surface area contributed by atoms with Gasteiger partial charge in [-0.25, -0.2) is 9.48 Å². The highest BCUT2D eigenvalue weighted by Gasteiger charge is 2.29. The molecule has 0 amide bonds. The molecule has 0 bridgehead atoms. The molecule has 2 rings (SSSR count). The van der Waals surface area contributed by atoms with Crippen molar-refractivity contribution in [1.82, 2.24) is 14.3 Å². The van der Waals surface area contributed by atoms with E-state index >= 15 is 0 Å². The van der Waals surface area contributed by atoms with Crippen LogP contribution < -0.4 is 5.69 Å². The van der Waals surface area contributed by atoms with Crippen molar-refractivity contribution in [1.29, 1.82) is 0 Å². The predicted molar refractivity (Wildman–Crippen MR) is 51.1 cm³/mol. The monoisotopic (exact) mass is 197 g/mol. The first-order chi connectivity index (χ1) is 6.74. The molecule has 1 aromatic heterocycles. The molecule has 78 valence electrons. The number of aromatic nitrogens is 3. The SMILES string of the molecule is CCOCc1nn(C)c(=O)n1C1CC1. The van der Waals surface area contributed by atoms with Crippen LogP contribution in [0.15, 0.2) is 4.79 Å². The van der Waals surface area contributed by atoms with Crippen molar-refractivity contribution in [3.8, 4) is 0 Å². The minimum Gasteiger partial charge on any atom is -0.374 e. The molecule has 1 heterocycles. The van der Waals surface area contributed by atoms with Crippen LogP contribution in [-0.4, -0.2) is 21.0 Å². The van der Waals surface area contributed by atoms with Crippen molar-refractivity contribution in [2.75, 3.05) is 6.61 Å². The summed E-state index contributed by atoms with van der Waals surface area (Å²) in [6.45, 7) is 3.01. The van der Waals surface area contributed by atoms with Crippen molar-refractivity contribution in [3.63, 3.8) is 0 Å². The molecule has 0 spiro atoms. The molecule has 0 N–H and O–H groups in total. The van der Waals surface area contributed by atoms with Gasteiger partial charge in [0.15, 0.2) is 5.82 Å². The normalized spacial score (nSPS) is 16.1. The van der Waals surface area contributed by atoms with E-state index in [0.29, 0.717) is 19.3 Å². The molecule has 0 radical (unpaired) electrons. The fourth-order valence-electron chi connectivity index (χ4n) is 1.52. The number of ether oxygens (including phenoxy) is 1. The molecule has 0 saturated heterocycles. The lowest BCUT2D eigenvalue weighted by molar-refractivity contribution is 0.125. The minimum atomic E-state index is -0.0257. The molecule has 1 aliphatic rings. The van der Waals surface area contributed by atoms with Crippen molar-refractivity contribution in [3.05, 3.63) is 16.3 Å². The Morgan fingerprint density at radius 3 is 2.86 bits per heavy atom. The third-order valence-electron chi connectivity index (χ3n) is 2.37. The molecule has 0 aliphatic heterocycles. The first-order valence-electron chi connectivity index (χ1n) is 4.96. The first kappa shape index (κ1) is 9.45. The van der Waals surface area contributed by atoms with Crippen LogP contribution in [0.1, 0.15) is 31.6 Å². The summed E-state index contributed by atoms with van der Waals surface area (Å²) >= 11 is 0. The highest BCUT2D eigenvalue weighted by molar-refractivity contribution is 4.94. The van der Waals surface area contributed by atoms with Crippen molar-refractivity contribution in [2.24, 2.45) is 7.05 Å². The summed E-state index contributed by atoms with van der Waals surface area (Å²) in [4.78, 5) is 11.6. The van der Waals surface area contributed by atoms with Crippen LogP contribution in [0.3, 0.4) is 0 Å². The highest BCUT2D eigenvalue weighted by Crippen LogP contribution is 2.34. The molecule has 1 aromatic rings. The Hall–Kier alpha value is -1.10. The molecule has 1 fully saturated rings. The molecule has 5 nitrogen and oxygen atoms in total. The van der Waals surface area contributed by atoms with Crippen LogP contribution in [0.5, 0.6) is 0 Å². The summed E-state index contributed by atoms with van der Waals surface area (Å²) in [7, 11) is 1.68. The van der Waals surface area contributed by atoms with E-state index in [1.54, 1.807) is 11.6 Å². The smallest absolute Gasteiger partial charge is 0.345 e. The number of aryl methyl sites for hydroxylation is 1. The molecule has 0 atom stereocenters. The predicted octanol–water partition coefficient (Wildman–Crippen LogP) is 0.453. The number of hydrogen-bond donors (Lipinski definition) is 0. The maximum Gasteiger partial charge on any atom is 0.345 e. The maximum absolute atomic E-state index is 11.6. The fourth-order valence-corrected chi connectivity index (χ4v) is 1.52. The van der Waals surface area contributed by atoms with E-state index in [1.807, 2.05) is 6.92 Å². The maximum atomic E-state index is 11.6. The summed E-state index contributed by atoms with van der Waals surface area (Å²) in [5, 5.41) is 4.15. The molecule has 0 unspecified atom stereocenters. The molecular weight excluding hydrogens is 182 g/mol. The van der Waals surface area contributed by atoms with E-state index in [1.165, 1.54) is 4.68 Å². The zero-order valence-corrected chi connectivity index (χ0v) is 8.56. The highest BCUT2D eigenvalue weighted by atomic mass is 16.5. The Balaban J connectivity index is 2.28. The second kappa shape index (κ2) is 3.57. The van der Waals surface area contributed by atoms with Gasteiger partial charge in [0.2, 0.25) is 0 Å². The minimum absolute atomic E-state index is 0.0257. The van der Waals surface area contributed by atoms with Gasteiger partial charge in [0.1, 0.15) is 6.61 Å². The van der Waals surface area contributed by atoms with Crippen LogP contribution in [0.25, 0.3) is 0 Å². The first-order valence-corrected chi connectivity index (χ1v) is 4.96. The van der Waals surface area contributed by atoms with Crippen LogP contribution in [-0.2, 0) is 18.4 Å². The Kier molecular flexibility index (Phi) is 2.41. The summed E-state index contributed by atoms with van der Waals surface area (Å²) in [5.74, 6) is 0.752. The van der Waals surface area contributed by atoms with Gasteiger partial charge in [-0.2, -0.15) is 5.10 Å². The van der Waals surface area contributed by atoms with E-state index in [9.17, 15) is 4.79 Å². The Labute approximate surface area is 82.3 Å². The number of nitrogens with zero attached hydrogens (tertiary/aromatic N) is 3. The lowest BCUT2D eigenvalue weighted by Crippen LogP contribution is -2.22. The van der Waals surface area contributed by atoms with E-state index in [2.05, 4.69) is 5.10 Å². The zero-order valence-electron chi connectivity index (χ0n) is 8.56. The van der Waals surface area contributed by atoms with Gasteiger partial charge in [-0.05, 0) is 19.8 Å². The summed E-state index contributed by atoms with van der Waals surface area (Å²) in [6.07, 6.45) is 2.18. The van der Waals surface area contributed by atoms with Crippen LogP contribution in [0, 0.1) is 0 Å². The van der Waals surface area contributed by atoms with Crippen LogP contribution in [0.2, 0.25) is 0 Å². The number of hydrogen-bond acceptors (Lipinski definition) is 3. The molecule has 14 heavy (non-hydrogen) atoms. The van der Waals surface area contributed by atoms with Gasteiger partial charge in [-0.3, -0.25) is 4.57 Å². The third-order valence-corrected chi connectivity index (χ3v) is 2.37. The molecule has 5 heteroatoms. The van der Waals surface area contributed by atoms with Crippen LogP contribution in [0.4, 0.5) is 0 Å². The van der Waals surface area contributed by atoms with Gasteiger partial charge in [0.05, 0.1) is 0 Å². The fraction of sp³-hybridized carbons (Fsp3) is 0.778. The quantitative estimate of drug-likeness (QED) is 0.704. The Bertz CT molecular complexity index is 376. The van der Waals surface area contributed by atoms with E-state index in [4.69, 9.17) is 4.74 Å². The summed E-state index contributed by atoms with van der Waals surface area (Å²) < 4.78 is 8.41. The van der Waals surface area contributed by atoms with Crippen molar-refractivity contribution >= 4 is 0 Å². The number of rotatable bonds is 4. The van der Waals surface area contributed by atoms with Gasteiger partial charge in [-0.1, -0.05) is 0 Å². The molecule has 1 aliphatic carbocycles. The second-order valence-corrected chi connectivity index (χ2v) is 3.56. The lowest BCUT2D eigenvalue weighted by atomic mass is 10.5. The largest absolute Gasteiger partial charge is 0.374 e. The zero-order chi connectivity index (χ0) is 10.1. The molecule has 1 saturated carbocycles. The third kappa shape index (κ3) is 1.59. The topological polar surface area (TPSA) is 49.1 Å². The summed E-state index contributed by atoms with van der Waals surface area (Å²) in [5.41, 5.74) is -0.0257. The van der Waals surface area contributed by atoms with Gasteiger partial charge >= 0.3 is 5.69 Å². The van der Waals surface area contributed by atoms with E-state index in [0.717, 1.165) is 18.7 Å². The Morgan fingerprint density at radius 1 is 1.57 bits per heavy atom. The van der Waals surface area contributed by atoms with E-state index < -0.39 is 0 Å². The average molecular weight is 197 g/mol.